The van der Waals surface area contributed by atoms with Crippen molar-refractivity contribution in [3.63, 3.8) is 0 Å². The topological polar surface area (TPSA) is 9.23 Å². The Morgan fingerprint density at radius 2 is 2.27 bits per heavy atom. The fourth-order valence-electron chi connectivity index (χ4n) is 2.02. The first kappa shape index (κ1) is 9.27. The van der Waals surface area contributed by atoms with Gasteiger partial charge in [0, 0.05) is 6.61 Å². The van der Waals surface area contributed by atoms with E-state index < -0.39 is 0 Å². The van der Waals surface area contributed by atoms with Crippen LogP contribution in [0.15, 0.2) is 0 Å². The third-order valence-corrected chi connectivity index (χ3v) is 4.98. The van der Waals surface area contributed by atoms with Crippen molar-refractivity contribution in [2.75, 3.05) is 6.61 Å². The normalized spacial score (nSPS) is 33.3. The monoisotopic (exact) mass is 172 g/mol. The molecule has 1 heterocycles. The molecule has 0 aromatic carbocycles. The Morgan fingerprint density at radius 3 is 2.73 bits per heavy atom. The van der Waals surface area contributed by atoms with Crippen LogP contribution in [-0.4, -0.2) is 21.4 Å². The first-order valence-corrected chi connectivity index (χ1v) is 7.09. The Kier molecular flexibility index (Phi) is 3.59. The van der Waals surface area contributed by atoms with Crippen LogP contribution in [0.3, 0.4) is 0 Å². The lowest BCUT2D eigenvalue weighted by molar-refractivity contribution is -0.0253. The highest BCUT2D eigenvalue weighted by Gasteiger charge is 2.29. The van der Waals surface area contributed by atoms with Crippen molar-refractivity contribution in [2.24, 2.45) is 0 Å². The lowest BCUT2D eigenvalue weighted by Crippen LogP contribution is -2.40. The van der Waals surface area contributed by atoms with E-state index in [9.17, 15) is 0 Å². The van der Waals surface area contributed by atoms with Crippen molar-refractivity contribution in [3.8, 4) is 0 Å². The molecule has 0 spiro atoms. The fourth-order valence-corrected chi connectivity index (χ4v) is 3.68. The summed E-state index contributed by atoms with van der Waals surface area (Å²) in [5.41, 5.74) is 0. The summed E-state index contributed by atoms with van der Waals surface area (Å²) in [6.07, 6.45) is 6.65. The Balaban J connectivity index is 2.42. The standard InChI is InChI=1S/C9H20OSi/c1-3-6-9(11-2)7-4-5-8-10-9/h3-8,11H2,1-2H3. The summed E-state index contributed by atoms with van der Waals surface area (Å²) in [7, 11) is 0.0281. The molecule has 0 amide bonds. The second-order valence-electron chi connectivity index (χ2n) is 3.59. The third-order valence-electron chi connectivity index (χ3n) is 2.78. The molecule has 1 aliphatic rings. The summed E-state index contributed by atoms with van der Waals surface area (Å²) >= 11 is 0. The first-order chi connectivity index (χ1) is 5.33. The maximum absolute atomic E-state index is 5.92. The SMILES string of the molecule is CCCC1([SiH2]C)CCCCO1. The summed E-state index contributed by atoms with van der Waals surface area (Å²) in [5.74, 6) is 0. The van der Waals surface area contributed by atoms with Crippen LogP contribution < -0.4 is 0 Å². The molecule has 1 fully saturated rings. The second kappa shape index (κ2) is 4.26. The molecular formula is C9H20OSi. The Hall–Kier alpha value is 0.177. The predicted molar refractivity (Wildman–Crippen MR) is 51.9 cm³/mol. The lowest BCUT2D eigenvalue weighted by atomic mass is 10.0. The number of hydrogen-bond acceptors (Lipinski definition) is 1. The molecular weight excluding hydrogens is 152 g/mol. The van der Waals surface area contributed by atoms with Gasteiger partial charge in [-0.15, -0.1) is 0 Å². The van der Waals surface area contributed by atoms with Crippen LogP contribution in [0, 0.1) is 0 Å². The second-order valence-corrected chi connectivity index (χ2v) is 5.59. The average Bonchev–Trinajstić information content (AvgIpc) is 2.07. The van der Waals surface area contributed by atoms with E-state index >= 15 is 0 Å². The van der Waals surface area contributed by atoms with Crippen molar-refractivity contribution in [1.29, 1.82) is 0 Å². The molecule has 1 rings (SSSR count). The minimum atomic E-state index is 0.0281. The molecule has 0 aromatic heterocycles. The zero-order valence-electron chi connectivity index (χ0n) is 7.86. The van der Waals surface area contributed by atoms with Gasteiger partial charge in [0.05, 0.1) is 14.7 Å². The van der Waals surface area contributed by atoms with Crippen LogP contribution in [0.4, 0.5) is 0 Å². The van der Waals surface area contributed by atoms with Gasteiger partial charge in [-0.05, 0) is 25.7 Å². The van der Waals surface area contributed by atoms with Crippen LogP contribution in [0.25, 0.3) is 0 Å². The zero-order chi connectivity index (χ0) is 8.16. The minimum Gasteiger partial charge on any atom is -0.379 e. The van der Waals surface area contributed by atoms with E-state index in [0.717, 1.165) is 6.61 Å². The molecule has 1 saturated heterocycles. The third kappa shape index (κ3) is 2.31. The molecule has 1 aliphatic heterocycles. The number of hydrogen-bond donors (Lipinski definition) is 0. The molecule has 2 heteroatoms. The molecule has 1 unspecified atom stereocenters. The summed E-state index contributed by atoms with van der Waals surface area (Å²) in [6.45, 7) is 5.69. The van der Waals surface area contributed by atoms with Gasteiger partial charge in [-0.3, -0.25) is 0 Å². The fraction of sp³-hybridized carbons (Fsp3) is 1.00. The molecule has 0 saturated carbocycles. The molecule has 0 radical (unpaired) electrons. The first-order valence-electron chi connectivity index (χ1n) is 4.97. The van der Waals surface area contributed by atoms with E-state index in [4.69, 9.17) is 4.74 Å². The summed E-state index contributed by atoms with van der Waals surface area (Å²) in [6, 6.07) is 0. The van der Waals surface area contributed by atoms with Gasteiger partial charge in [0.2, 0.25) is 0 Å². The molecule has 0 N–H and O–H groups in total. The van der Waals surface area contributed by atoms with Crippen LogP contribution in [0.5, 0.6) is 0 Å². The van der Waals surface area contributed by atoms with E-state index in [-0.39, 0.29) is 9.52 Å². The molecule has 1 nitrogen and oxygen atoms in total. The van der Waals surface area contributed by atoms with Gasteiger partial charge in [0.1, 0.15) is 0 Å². The highest BCUT2D eigenvalue weighted by molar-refractivity contribution is 6.37. The van der Waals surface area contributed by atoms with E-state index in [1.54, 1.807) is 0 Å². The minimum absolute atomic E-state index is 0.0281. The van der Waals surface area contributed by atoms with E-state index in [1.807, 2.05) is 0 Å². The maximum atomic E-state index is 5.92. The molecule has 0 aromatic rings. The largest absolute Gasteiger partial charge is 0.379 e. The van der Waals surface area contributed by atoms with E-state index in [0.29, 0.717) is 5.22 Å². The van der Waals surface area contributed by atoms with Crippen molar-refractivity contribution in [3.05, 3.63) is 0 Å². The molecule has 0 aliphatic carbocycles. The van der Waals surface area contributed by atoms with Crippen LogP contribution in [0.1, 0.15) is 39.0 Å². The summed E-state index contributed by atoms with van der Waals surface area (Å²) in [4.78, 5) is 0. The average molecular weight is 172 g/mol. The van der Waals surface area contributed by atoms with Gasteiger partial charge in [-0.2, -0.15) is 0 Å². The van der Waals surface area contributed by atoms with Gasteiger partial charge in [-0.25, -0.2) is 0 Å². The maximum Gasteiger partial charge on any atom is 0.0564 e. The summed E-state index contributed by atoms with van der Waals surface area (Å²) < 4.78 is 5.92. The van der Waals surface area contributed by atoms with Gasteiger partial charge in [-0.1, -0.05) is 19.9 Å². The van der Waals surface area contributed by atoms with E-state index in [1.165, 1.54) is 32.1 Å². The number of ether oxygens (including phenoxy) is 1. The molecule has 66 valence electrons. The van der Waals surface area contributed by atoms with E-state index in [2.05, 4.69) is 13.5 Å². The van der Waals surface area contributed by atoms with Gasteiger partial charge in [0.25, 0.3) is 0 Å². The van der Waals surface area contributed by atoms with Gasteiger partial charge >= 0.3 is 0 Å². The van der Waals surface area contributed by atoms with Crippen molar-refractivity contribution in [2.45, 2.75) is 50.8 Å². The van der Waals surface area contributed by atoms with Crippen LogP contribution in [0.2, 0.25) is 6.55 Å². The smallest absolute Gasteiger partial charge is 0.0564 e. The Bertz CT molecular complexity index is 103. The lowest BCUT2D eigenvalue weighted by Gasteiger charge is -2.36. The van der Waals surface area contributed by atoms with Gasteiger partial charge in [0.15, 0.2) is 0 Å². The van der Waals surface area contributed by atoms with Crippen molar-refractivity contribution < 1.29 is 4.74 Å². The van der Waals surface area contributed by atoms with Crippen LogP contribution >= 0.6 is 0 Å². The Labute approximate surface area is 72.3 Å². The number of rotatable bonds is 3. The van der Waals surface area contributed by atoms with Gasteiger partial charge < -0.3 is 4.74 Å². The Morgan fingerprint density at radius 1 is 1.45 bits per heavy atom. The summed E-state index contributed by atoms with van der Waals surface area (Å²) in [5, 5.41) is 0.410. The molecule has 1 atom stereocenters. The quantitative estimate of drug-likeness (QED) is 0.591. The zero-order valence-corrected chi connectivity index (χ0v) is 9.27. The molecule has 11 heavy (non-hydrogen) atoms. The van der Waals surface area contributed by atoms with Crippen molar-refractivity contribution >= 4 is 9.52 Å². The molecule has 0 bridgehead atoms. The van der Waals surface area contributed by atoms with Crippen molar-refractivity contribution in [1.82, 2.24) is 0 Å². The predicted octanol–water partition coefficient (Wildman–Crippen LogP) is 1.90. The highest BCUT2D eigenvalue weighted by Crippen LogP contribution is 2.28. The van der Waals surface area contributed by atoms with Crippen LogP contribution in [-0.2, 0) is 4.74 Å². The highest BCUT2D eigenvalue weighted by atomic mass is 28.2.